The quantitative estimate of drug-likeness (QED) is 0.310. The van der Waals surface area contributed by atoms with Gasteiger partial charge in [-0.1, -0.05) is 20.8 Å². The first-order valence-electron chi connectivity index (χ1n) is 12.1. The van der Waals surface area contributed by atoms with E-state index in [1.54, 1.807) is 0 Å². The van der Waals surface area contributed by atoms with Crippen LogP contribution in [0.1, 0.15) is 51.2 Å². The highest BCUT2D eigenvalue weighted by Crippen LogP contribution is 2.50. The van der Waals surface area contributed by atoms with Gasteiger partial charge in [-0.2, -0.15) is 13.2 Å². The Hall–Kier alpha value is -1.82. The summed E-state index contributed by atoms with van der Waals surface area (Å²) in [6.45, 7) is 10.4. The van der Waals surface area contributed by atoms with Crippen molar-refractivity contribution in [2.45, 2.75) is 80.0 Å². The van der Waals surface area contributed by atoms with Crippen molar-refractivity contribution in [3.63, 3.8) is 0 Å². The molecular formula is C26H34F5NO3SSi. The highest BCUT2D eigenvalue weighted by Gasteiger charge is 2.53. The predicted octanol–water partition coefficient (Wildman–Crippen LogP) is 6.80. The maximum absolute atomic E-state index is 15.2. The predicted molar refractivity (Wildman–Crippen MR) is 135 cm³/mol. The molecule has 3 rings (SSSR count). The Morgan fingerprint density at radius 3 is 2.19 bits per heavy atom. The van der Waals surface area contributed by atoms with Crippen molar-refractivity contribution in [1.29, 1.82) is 0 Å². The van der Waals surface area contributed by atoms with Crippen LogP contribution in [-0.2, 0) is 25.2 Å². The zero-order valence-corrected chi connectivity index (χ0v) is 23.4. The maximum Gasteiger partial charge on any atom is 0.416 e. The lowest BCUT2D eigenvalue weighted by Crippen LogP contribution is -2.51. The van der Waals surface area contributed by atoms with Gasteiger partial charge < -0.3 is 10.2 Å². The minimum atomic E-state index is -4.65. The first kappa shape index (κ1) is 29.7. The maximum atomic E-state index is 15.2. The monoisotopic (exact) mass is 563 g/mol. The van der Waals surface area contributed by atoms with E-state index in [1.165, 1.54) is 0 Å². The van der Waals surface area contributed by atoms with E-state index in [1.807, 2.05) is 13.1 Å². The highest BCUT2D eigenvalue weighted by atomic mass is 32.2. The minimum Gasteiger partial charge on any atom is -0.416 e. The molecule has 0 aliphatic heterocycles. The van der Waals surface area contributed by atoms with Crippen molar-refractivity contribution in [2.24, 2.45) is 11.7 Å². The van der Waals surface area contributed by atoms with E-state index < -0.39 is 63.1 Å². The summed E-state index contributed by atoms with van der Waals surface area (Å²) in [5.41, 5.74) is 5.02. The second kappa shape index (κ2) is 10.1. The Morgan fingerprint density at radius 2 is 1.65 bits per heavy atom. The smallest absolute Gasteiger partial charge is 0.416 e. The Balaban J connectivity index is 2.12. The van der Waals surface area contributed by atoms with Gasteiger partial charge in [0.15, 0.2) is 18.2 Å². The van der Waals surface area contributed by atoms with Crippen molar-refractivity contribution >= 4 is 18.2 Å². The Bertz CT molecular complexity index is 1230. The van der Waals surface area contributed by atoms with E-state index in [4.69, 9.17) is 10.2 Å². The van der Waals surface area contributed by atoms with Crippen LogP contribution in [0, 0.1) is 17.6 Å². The second-order valence-electron chi connectivity index (χ2n) is 11.4. The molecule has 3 atom stereocenters. The molecule has 206 valence electrons. The van der Waals surface area contributed by atoms with Gasteiger partial charge in [-0.3, -0.25) is 0 Å². The van der Waals surface area contributed by atoms with Gasteiger partial charge in [0.2, 0.25) is 0 Å². The summed E-state index contributed by atoms with van der Waals surface area (Å²) in [5.74, 6) is -2.23. The molecule has 2 aromatic rings. The van der Waals surface area contributed by atoms with Crippen molar-refractivity contribution in [3.8, 4) is 0 Å². The largest absolute Gasteiger partial charge is 0.416 e. The molecule has 1 aliphatic rings. The summed E-state index contributed by atoms with van der Waals surface area (Å²) in [4.78, 5) is -0.399. The van der Waals surface area contributed by atoms with Crippen LogP contribution in [0.2, 0.25) is 18.1 Å². The number of halogens is 5. The number of alkyl halides is 3. The molecule has 1 saturated carbocycles. The minimum absolute atomic E-state index is 0.117. The molecule has 37 heavy (non-hydrogen) atoms. The van der Waals surface area contributed by atoms with Crippen molar-refractivity contribution in [3.05, 3.63) is 65.2 Å². The summed E-state index contributed by atoms with van der Waals surface area (Å²) in [5, 5.41) is -0.121. The SMILES string of the molecule is CC(C)(C)[Si](C)(C)OC[C@@H]1C[C@](c2cc(F)ccc2F)(S(=O)(=O)c2ccc(C(F)(F)F)cc2)CC[C@@H]1N. The number of nitrogens with two attached hydrogens (primary N) is 1. The molecule has 2 N–H and O–H groups in total. The molecule has 1 fully saturated rings. The topological polar surface area (TPSA) is 69.4 Å². The van der Waals surface area contributed by atoms with Crippen LogP contribution in [-0.4, -0.2) is 29.4 Å². The van der Waals surface area contributed by atoms with Gasteiger partial charge in [0, 0.05) is 18.2 Å². The fraction of sp³-hybridized carbons (Fsp3) is 0.538. The van der Waals surface area contributed by atoms with Gasteiger partial charge in [-0.05, 0) is 85.8 Å². The summed E-state index contributed by atoms with van der Waals surface area (Å²) < 4.78 is 101. The normalized spacial score (nSPS) is 23.8. The third-order valence-electron chi connectivity index (χ3n) is 7.97. The number of hydrogen-bond donors (Lipinski definition) is 1. The standard InChI is InChI=1S/C26H34F5NO3SSi/c1-24(2,3)37(4,5)35-16-17-15-25(13-12-23(17)32,21-14-19(27)8-11-22(21)28)36(33,34)20-9-6-18(7-10-20)26(29,30)31/h6-11,14,17,23H,12-13,15-16,32H2,1-5H3/t17-,23-,25+/m0/s1. The molecule has 0 saturated heterocycles. The van der Waals surface area contributed by atoms with Crippen LogP contribution in [0.5, 0.6) is 0 Å². The van der Waals surface area contributed by atoms with Crippen LogP contribution in [0.3, 0.4) is 0 Å². The van der Waals surface area contributed by atoms with E-state index in [9.17, 15) is 26.0 Å². The molecule has 0 heterocycles. The molecule has 1 aliphatic carbocycles. The molecule has 2 aromatic carbocycles. The number of hydrogen-bond acceptors (Lipinski definition) is 4. The van der Waals surface area contributed by atoms with Crippen molar-refractivity contribution in [2.75, 3.05) is 6.61 Å². The molecular weight excluding hydrogens is 529 g/mol. The molecule has 0 unspecified atom stereocenters. The molecule has 0 aromatic heterocycles. The van der Waals surface area contributed by atoms with Crippen molar-refractivity contribution < 1.29 is 34.8 Å². The number of sulfone groups is 1. The van der Waals surface area contributed by atoms with E-state index in [2.05, 4.69) is 20.8 Å². The fourth-order valence-corrected chi connectivity index (χ4v) is 7.83. The highest BCUT2D eigenvalue weighted by molar-refractivity contribution is 7.92. The van der Waals surface area contributed by atoms with Crippen molar-refractivity contribution in [1.82, 2.24) is 0 Å². The number of benzene rings is 2. The van der Waals surface area contributed by atoms with E-state index >= 15 is 4.39 Å². The van der Waals surface area contributed by atoms with E-state index in [-0.39, 0.29) is 36.5 Å². The van der Waals surface area contributed by atoms with Crippen LogP contribution in [0.25, 0.3) is 0 Å². The van der Waals surface area contributed by atoms with Crippen LogP contribution >= 0.6 is 0 Å². The summed E-state index contributed by atoms with van der Waals surface area (Å²) in [6.07, 6.45) is -4.75. The number of rotatable bonds is 6. The van der Waals surface area contributed by atoms with E-state index in [0.717, 1.165) is 30.3 Å². The van der Waals surface area contributed by atoms with Gasteiger partial charge in [0.05, 0.1) is 10.5 Å². The summed E-state index contributed by atoms with van der Waals surface area (Å²) >= 11 is 0. The molecule has 11 heteroatoms. The molecule has 0 amide bonds. The lowest BCUT2D eigenvalue weighted by Gasteiger charge is -2.45. The first-order valence-corrected chi connectivity index (χ1v) is 16.5. The lowest BCUT2D eigenvalue weighted by molar-refractivity contribution is -0.137. The molecule has 0 spiro atoms. The Kier molecular flexibility index (Phi) is 8.08. The Labute approximate surface area is 216 Å². The van der Waals surface area contributed by atoms with E-state index in [0.29, 0.717) is 12.1 Å². The van der Waals surface area contributed by atoms with Crippen LogP contribution in [0.4, 0.5) is 22.0 Å². The van der Waals surface area contributed by atoms with Gasteiger partial charge >= 0.3 is 6.18 Å². The third-order valence-corrected chi connectivity index (χ3v) is 15.0. The van der Waals surface area contributed by atoms with Gasteiger partial charge in [-0.15, -0.1) is 0 Å². The summed E-state index contributed by atoms with van der Waals surface area (Å²) in [7, 11) is -6.73. The van der Waals surface area contributed by atoms with Gasteiger partial charge in [-0.25, -0.2) is 17.2 Å². The van der Waals surface area contributed by atoms with Crippen LogP contribution < -0.4 is 5.73 Å². The van der Waals surface area contributed by atoms with Gasteiger partial charge in [0.25, 0.3) is 0 Å². The summed E-state index contributed by atoms with van der Waals surface area (Å²) in [6, 6.07) is 5.26. The zero-order valence-electron chi connectivity index (χ0n) is 21.6. The molecule has 4 nitrogen and oxygen atoms in total. The first-order chi connectivity index (χ1) is 16.8. The third kappa shape index (κ3) is 5.79. The average molecular weight is 564 g/mol. The molecule has 0 radical (unpaired) electrons. The van der Waals surface area contributed by atoms with Crippen LogP contribution in [0.15, 0.2) is 47.4 Å². The average Bonchev–Trinajstić information content (AvgIpc) is 2.79. The lowest BCUT2D eigenvalue weighted by atomic mass is 9.75. The fourth-order valence-electron chi connectivity index (χ4n) is 4.56. The second-order valence-corrected chi connectivity index (χ2v) is 18.5. The Morgan fingerprint density at radius 1 is 1.05 bits per heavy atom. The zero-order chi connectivity index (χ0) is 28.0. The molecule has 0 bridgehead atoms. The van der Waals surface area contributed by atoms with Gasteiger partial charge in [0.1, 0.15) is 16.4 Å².